The van der Waals surface area contributed by atoms with E-state index in [-0.39, 0.29) is 0 Å². The molecule has 0 atom stereocenters. The normalized spacial score (nSPS) is 9.92. The zero-order chi connectivity index (χ0) is 10.4. The summed E-state index contributed by atoms with van der Waals surface area (Å²) >= 11 is 0. The Morgan fingerprint density at radius 1 is 1.08 bits per heavy atom. The second-order valence-corrected chi connectivity index (χ2v) is 1.81. The lowest BCUT2D eigenvalue weighted by Crippen LogP contribution is -2.33. The van der Waals surface area contributed by atoms with Crippen molar-refractivity contribution in [2.75, 3.05) is 6.61 Å². The maximum Gasteiger partial charge on any atom is 0.348 e. The highest BCUT2D eigenvalue weighted by Gasteiger charge is 2.28. The number of rotatable bonds is 6. The summed E-state index contributed by atoms with van der Waals surface area (Å²) < 4.78 is 0. The number of aliphatic carboxylic acids is 3. The minimum Gasteiger partial charge on any atom is -0.479 e. The summed E-state index contributed by atoms with van der Waals surface area (Å²) in [5.74, 6) is -4.97. The number of carbonyl (C=O) groups is 3. The van der Waals surface area contributed by atoms with E-state index >= 15 is 0 Å². The molecule has 0 aliphatic carbocycles. The second kappa shape index (κ2) is 5.06. The van der Waals surface area contributed by atoms with Crippen LogP contribution in [0.1, 0.15) is 0 Å². The predicted molar refractivity (Wildman–Crippen MR) is 33.7 cm³/mol. The average Bonchev–Trinajstić information content (AvgIpc) is 1.95. The highest BCUT2D eigenvalue weighted by Crippen LogP contribution is 1.93. The van der Waals surface area contributed by atoms with Gasteiger partial charge in [-0.15, -0.1) is 0 Å². The molecule has 0 aromatic rings. The van der Waals surface area contributed by atoms with Gasteiger partial charge >= 0.3 is 17.9 Å². The first-order valence-electron chi connectivity index (χ1n) is 2.91. The molecule has 0 unspecified atom stereocenters. The van der Waals surface area contributed by atoms with Crippen LogP contribution in [0.15, 0.2) is 0 Å². The van der Waals surface area contributed by atoms with Gasteiger partial charge in [-0.25, -0.2) is 24.2 Å². The molecule has 0 aromatic heterocycles. The first kappa shape index (κ1) is 11.3. The van der Waals surface area contributed by atoms with Crippen LogP contribution in [0.3, 0.4) is 0 Å². The first-order chi connectivity index (χ1) is 5.95. The van der Waals surface area contributed by atoms with Gasteiger partial charge in [0, 0.05) is 0 Å². The van der Waals surface area contributed by atoms with E-state index in [1.54, 1.807) is 0 Å². The van der Waals surface area contributed by atoms with Gasteiger partial charge in [0.1, 0.15) is 0 Å². The second-order valence-electron chi connectivity index (χ2n) is 1.81. The largest absolute Gasteiger partial charge is 0.479 e. The van der Waals surface area contributed by atoms with Crippen LogP contribution in [0.25, 0.3) is 0 Å². The number of hydrogen-bond acceptors (Lipinski definition) is 5. The predicted octanol–water partition coefficient (Wildman–Crippen LogP) is -1.44. The SMILES string of the molecule is O=C(O)COOC(C(=O)O)C(=O)O. The first-order valence-corrected chi connectivity index (χ1v) is 2.91. The molecule has 0 fully saturated rings. The molecule has 0 aromatic carbocycles. The Morgan fingerprint density at radius 2 is 1.54 bits per heavy atom. The maximum absolute atomic E-state index is 10.1. The average molecular weight is 194 g/mol. The molecule has 0 aliphatic rings. The van der Waals surface area contributed by atoms with Gasteiger partial charge in [-0.2, -0.15) is 0 Å². The molecule has 8 heteroatoms. The summed E-state index contributed by atoms with van der Waals surface area (Å²) in [6.45, 7) is -0.933. The molecular weight excluding hydrogens is 188 g/mol. The molecule has 74 valence electrons. The van der Waals surface area contributed by atoms with Crippen LogP contribution in [0, 0.1) is 0 Å². The topological polar surface area (TPSA) is 130 Å². The van der Waals surface area contributed by atoms with E-state index in [9.17, 15) is 14.4 Å². The number of carboxylic acids is 3. The van der Waals surface area contributed by atoms with Crippen molar-refractivity contribution in [3.63, 3.8) is 0 Å². The molecule has 0 saturated heterocycles. The molecule has 13 heavy (non-hydrogen) atoms. The van der Waals surface area contributed by atoms with Crippen molar-refractivity contribution in [1.82, 2.24) is 0 Å². The molecule has 0 spiro atoms. The van der Waals surface area contributed by atoms with E-state index < -0.39 is 30.6 Å². The summed E-state index contributed by atoms with van der Waals surface area (Å²) in [6, 6.07) is 0. The van der Waals surface area contributed by atoms with Gasteiger partial charge in [-0.3, -0.25) is 0 Å². The minimum absolute atomic E-state index is 0.933. The van der Waals surface area contributed by atoms with Gasteiger partial charge in [0.25, 0.3) is 6.10 Å². The summed E-state index contributed by atoms with van der Waals surface area (Å²) in [7, 11) is 0. The standard InChI is InChI=1S/C5H6O8/c6-2(7)1-12-13-3(4(8)9)5(10)11/h3H,1H2,(H,6,7)(H,8,9)(H,10,11). The lowest BCUT2D eigenvalue weighted by molar-refractivity contribution is -0.313. The van der Waals surface area contributed by atoms with Gasteiger partial charge < -0.3 is 15.3 Å². The van der Waals surface area contributed by atoms with Crippen molar-refractivity contribution >= 4 is 17.9 Å². The van der Waals surface area contributed by atoms with Crippen molar-refractivity contribution in [2.24, 2.45) is 0 Å². The summed E-state index contributed by atoms with van der Waals surface area (Å²) in [6.07, 6.45) is -2.22. The van der Waals surface area contributed by atoms with Gasteiger partial charge in [0.15, 0.2) is 6.61 Å². The van der Waals surface area contributed by atoms with Crippen LogP contribution in [0.4, 0.5) is 0 Å². The molecular formula is C5H6O8. The van der Waals surface area contributed by atoms with Crippen LogP contribution in [-0.4, -0.2) is 45.9 Å². The Hall–Kier alpha value is -1.67. The number of hydrogen-bond donors (Lipinski definition) is 3. The molecule has 0 amide bonds. The fourth-order valence-corrected chi connectivity index (χ4v) is 0.340. The lowest BCUT2D eigenvalue weighted by Gasteiger charge is -2.05. The third kappa shape index (κ3) is 4.71. The van der Waals surface area contributed by atoms with Crippen LogP contribution >= 0.6 is 0 Å². The monoisotopic (exact) mass is 194 g/mol. The van der Waals surface area contributed by atoms with Gasteiger partial charge in [0.2, 0.25) is 0 Å². The Kier molecular flexibility index (Phi) is 4.41. The summed E-state index contributed by atoms with van der Waals surface area (Å²) in [4.78, 5) is 37.6. The summed E-state index contributed by atoms with van der Waals surface area (Å²) in [5, 5.41) is 24.4. The Morgan fingerprint density at radius 3 is 1.85 bits per heavy atom. The van der Waals surface area contributed by atoms with Gasteiger partial charge in [-0.1, -0.05) is 0 Å². The van der Waals surface area contributed by atoms with Crippen molar-refractivity contribution < 1.29 is 39.5 Å². The van der Waals surface area contributed by atoms with E-state index in [2.05, 4.69) is 9.78 Å². The van der Waals surface area contributed by atoms with Crippen LogP contribution in [0.5, 0.6) is 0 Å². The number of carboxylic acid groups (broad SMARTS) is 3. The molecule has 0 rings (SSSR count). The van der Waals surface area contributed by atoms with E-state index in [0.717, 1.165) is 0 Å². The van der Waals surface area contributed by atoms with E-state index in [0.29, 0.717) is 0 Å². The van der Waals surface area contributed by atoms with Crippen molar-refractivity contribution in [3.8, 4) is 0 Å². The highest BCUT2D eigenvalue weighted by atomic mass is 17.2. The van der Waals surface area contributed by atoms with E-state index in [1.807, 2.05) is 0 Å². The summed E-state index contributed by atoms with van der Waals surface area (Å²) in [5.41, 5.74) is 0. The molecule has 0 saturated carbocycles. The maximum atomic E-state index is 10.1. The van der Waals surface area contributed by atoms with Crippen molar-refractivity contribution in [1.29, 1.82) is 0 Å². The van der Waals surface area contributed by atoms with Crippen LogP contribution in [-0.2, 0) is 24.2 Å². The van der Waals surface area contributed by atoms with Crippen molar-refractivity contribution in [2.45, 2.75) is 6.10 Å². The molecule has 0 bridgehead atoms. The zero-order valence-electron chi connectivity index (χ0n) is 6.17. The smallest absolute Gasteiger partial charge is 0.348 e. The quantitative estimate of drug-likeness (QED) is 0.266. The fourth-order valence-electron chi connectivity index (χ4n) is 0.340. The van der Waals surface area contributed by atoms with Crippen molar-refractivity contribution in [3.05, 3.63) is 0 Å². The van der Waals surface area contributed by atoms with Crippen LogP contribution < -0.4 is 0 Å². The van der Waals surface area contributed by atoms with E-state index in [4.69, 9.17) is 15.3 Å². The Balaban J connectivity index is 3.91. The molecule has 0 radical (unpaired) electrons. The fraction of sp³-hybridized carbons (Fsp3) is 0.400. The molecule has 0 heterocycles. The lowest BCUT2D eigenvalue weighted by atomic mass is 10.4. The van der Waals surface area contributed by atoms with Gasteiger partial charge in [0.05, 0.1) is 0 Å². The Bertz CT molecular complexity index is 207. The van der Waals surface area contributed by atoms with Crippen LogP contribution in [0.2, 0.25) is 0 Å². The Labute approximate surface area is 71.2 Å². The highest BCUT2D eigenvalue weighted by molar-refractivity contribution is 5.95. The third-order valence-corrected chi connectivity index (χ3v) is 0.795. The molecule has 0 aliphatic heterocycles. The van der Waals surface area contributed by atoms with Gasteiger partial charge in [-0.05, 0) is 0 Å². The van der Waals surface area contributed by atoms with E-state index in [1.165, 1.54) is 0 Å². The molecule has 3 N–H and O–H groups in total. The zero-order valence-corrected chi connectivity index (χ0v) is 6.17. The molecule has 8 nitrogen and oxygen atoms in total. The third-order valence-electron chi connectivity index (χ3n) is 0.795. The minimum atomic E-state index is -2.22.